The summed E-state index contributed by atoms with van der Waals surface area (Å²) in [7, 11) is 0. The Kier molecular flexibility index (Phi) is 5.72. The molecule has 0 fully saturated rings. The second kappa shape index (κ2) is 7.30. The van der Waals surface area contributed by atoms with Gasteiger partial charge < -0.3 is 16.0 Å². The van der Waals surface area contributed by atoms with Crippen molar-refractivity contribution in [3.05, 3.63) is 11.9 Å². The lowest BCUT2D eigenvalue weighted by Crippen LogP contribution is -2.26. The van der Waals surface area contributed by atoms with E-state index in [1.807, 2.05) is 0 Å². The summed E-state index contributed by atoms with van der Waals surface area (Å²) in [5.41, 5.74) is 0. The zero-order chi connectivity index (χ0) is 14.3. The number of nitrogens with zero attached hydrogens (tertiary/aromatic N) is 2. The minimum Gasteiger partial charge on any atom is -0.368 e. The summed E-state index contributed by atoms with van der Waals surface area (Å²) in [5.74, 6) is 1.49. The fraction of sp³-hybridized carbons (Fsp3) is 0.500. The SMILES string of the molecule is CCC(=O)Nc1cc(NCCNC(C)=O)nc(C)n1. The van der Waals surface area contributed by atoms with E-state index in [1.54, 1.807) is 19.9 Å². The molecular formula is C12H19N5O2. The van der Waals surface area contributed by atoms with Crippen LogP contribution in [0.15, 0.2) is 6.07 Å². The standard InChI is InChI=1S/C12H19N5O2/c1-4-12(19)17-11-7-10(15-8(2)16-11)14-6-5-13-9(3)18/h7H,4-6H2,1-3H3,(H,13,18)(H2,14,15,16,17,19). The van der Waals surface area contributed by atoms with E-state index in [1.165, 1.54) is 6.92 Å². The molecule has 2 amide bonds. The van der Waals surface area contributed by atoms with Crippen molar-refractivity contribution in [2.24, 2.45) is 0 Å². The number of amides is 2. The van der Waals surface area contributed by atoms with Gasteiger partial charge in [0.25, 0.3) is 0 Å². The van der Waals surface area contributed by atoms with E-state index >= 15 is 0 Å². The maximum Gasteiger partial charge on any atom is 0.225 e. The highest BCUT2D eigenvalue weighted by atomic mass is 16.2. The first-order chi connectivity index (χ1) is 9.01. The van der Waals surface area contributed by atoms with Gasteiger partial charge in [-0.3, -0.25) is 9.59 Å². The van der Waals surface area contributed by atoms with Crippen LogP contribution in [0.4, 0.5) is 11.6 Å². The number of nitrogens with one attached hydrogen (secondary N) is 3. The summed E-state index contributed by atoms with van der Waals surface area (Å²) in [6.07, 6.45) is 0.397. The molecule has 0 atom stereocenters. The lowest BCUT2D eigenvalue weighted by molar-refractivity contribution is -0.119. The topological polar surface area (TPSA) is 96.0 Å². The molecule has 1 aromatic heterocycles. The molecule has 7 heteroatoms. The zero-order valence-corrected chi connectivity index (χ0v) is 11.4. The predicted molar refractivity (Wildman–Crippen MR) is 72.9 cm³/mol. The molecule has 1 rings (SSSR count). The van der Waals surface area contributed by atoms with Crippen LogP contribution < -0.4 is 16.0 Å². The summed E-state index contributed by atoms with van der Waals surface area (Å²) >= 11 is 0. The highest BCUT2D eigenvalue weighted by Gasteiger charge is 2.04. The normalized spacial score (nSPS) is 9.84. The summed E-state index contributed by atoms with van der Waals surface area (Å²) in [6, 6.07) is 1.66. The molecule has 1 heterocycles. The van der Waals surface area contributed by atoms with Gasteiger partial charge in [-0.2, -0.15) is 0 Å². The molecule has 7 nitrogen and oxygen atoms in total. The van der Waals surface area contributed by atoms with E-state index in [4.69, 9.17) is 0 Å². The Morgan fingerprint density at radius 3 is 2.53 bits per heavy atom. The maximum atomic E-state index is 11.3. The fourth-order valence-corrected chi connectivity index (χ4v) is 1.38. The molecule has 104 valence electrons. The van der Waals surface area contributed by atoms with Crippen molar-refractivity contribution in [1.29, 1.82) is 0 Å². The summed E-state index contributed by atoms with van der Waals surface area (Å²) < 4.78 is 0. The summed E-state index contributed by atoms with van der Waals surface area (Å²) in [4.78, 5) is 30.3. The largest absolute Gasteiger partial charge is 0.368 e. The van der Waals surface area contributed by atoms with Gasteiger partial charge in [-0.15, -0.1) is 0 Å². The maximum absolute atomic E-state index is 11.3. The van der Waals surface area contributed by atoms with Crippen molar-refractivity contribution >= 4 is 23.5 Å². The van der Waals surface area contributed by atoms with E-state index in [-0.39, 0.29) is 11.8 Å². The second-order valence-electron chi connectivity index (χ2n) is 4.00. The van der Waals surface area contributed by atoms with Gasteiger partial charge in [-0.1, -0.05) is 6.92 Å². The zero-order valence-electron chi connectivity index (χ0n) is 11.4. The first-order valence-corrected chi connectivity index (χ1v) is 6.15. The van der Waals surface area contributed by atoms with Gasteiger partial charge in [0.05, 0.1) is 0 Å². The number of carbonyl (C=O) groups is 2. The molecule has 0 saturated heterocycles. The minimum atomic E-state index is -0.0951. The number of hydrogen-bond donors (Lipinski definition) is 3. The third-order valence-corrected chi connectivity index (χ3v) is 2.23. The number of carbonyl (C=O) groups excluding carboxylic acids is 2. The molecule has 3 N–H and O–H groups in total. The van der Waals surface area contributed by atoms with Gasteiger partial charge >= 0.3 is 0 Å². The molecular weight excluding hydrogens is 246 g/mol. The molecule has 0 spiro atoms. The summed E-state index contributed by atoms with van der Waals surface area (Å²) in [6.45, 7) is 6.05. The molecule has 0 radical (unpaired) electrons. The van der Waals surface area contributed by atoms with Crippen LogP contribution in [0, 0.1) is 6.92 Å². The molecule has 0 aliphatic heterocycles. The Morgan fingerprint density at radius 1 is 1.21 bits per heavy atom. The van der Waals surface area contributed by atoms with Crippen molar-refractivity contribution in [3.8, 4) is 0 Å². The number of aromatic nitrogens is 2. The van der Waals surface area contributed by atoms with Crippen molar-refractivity contribution < 1.29 is 9.59 Å². The molecule has 1 aromatic rings. The molecule has 0 unspecified atom stereocenters. The van der Waals surface area contributed by atoms with Gasteiger partial charge in [0, 0.05) is 32.5 Å². The number of rotatable bonds is 6. The molecule has 19 heavy (non-hydrogen) atoms. The highest BCUT2D eigenvalue weighted by Crippen LogP contribution is 2.10. The van der Waals surface area contributed by atoms with Gasteiger partial charge in [0.1, 0.15) is 17.5 Å². The Hall–Kier alpha value is -2.18. The van der Waals surface area contributed by atoms with Crippen LogP contribution in [0.3, 0.4) is 0 Å². The molecule has 0 aromatic carbocycles. The van der Waals surface area contributed by atoms with Gasteiger partial charge in [0.2, 0.25) is 11.8 Å². The average Bonchev–Trinajstić information content (AvgIpc) is 2.33. The molecule has 0 saturated carbocycles. The molecule has 0 aliphatic rings. The Balaban J connectivity index is 2.58. The summed E-state index contributed by atoms with van der Waals surface area (Å²) in [5, 5.41) is 8.41. The molecule has 0 aliphatic carbocycles. The van der Waals surface area contributed by atoms with E-state index in [9.17, 15) is 9.59 Å². The second-order valence-corrected chi connectivity index (χ2v) is 4.00. The van der Waals surface area contributed by atoms with Crippen molar-refractivity contribution in [1.82, 2.24) is 15.3 Å². The first kappa shape index (κ1) is 14.9. The van der Waals surface area contributed by atoms with Crippen LogP contribution in [0.1, 0.15) is 26.1 Å². The van der Waals surface area contributed by atoms with Crippen molar-refractivity contribution in [2.75, 3.05) is 23.7 Å². The monoisotopic (exact) mass is 265 g/mol. The molecule has 0 bridgehead atoms. The third-order valence-electron chi connectivity index (χ3n) is 2.23. The minimum absolute atomic E-state index is 0.0726. The smallest absolute Gasteiger partial charge is 0.225 e. The third kappa shape index (κ3) is 5.80. The van der Waals surface area contributed by atoms with E-state index in [0.717, 1.165) is 0 Å². The lowest BCUT2D eigenvalue weighted by atomic mass is 10.4. The number of aryl methyl sites for hydroxylation is 1. The van der Waals surface area contributed by atoms with Gasteiger partial charge in [-0.25, -0.2) is 9.97 Å². The average molecular weight is 265 g/mol. The van der Waals surface area contributed by atoms with Gasteiger partial charge in [0.15, 0.2) is 0 Å². The van der Waals surface area contributed by atoms with Crippen LogP contribution in [0.5, 0.6) is 0 Å². The fourth-order valence-electron chi connectivity index (χ4n) is 1.38. The number of hydrogen-bond acceptors (Lipinski definition) is 5. The van der Waals surface area contributed by atoms with E-state index in [2.05, 4.69) is 25.9 Å². The van der Waals surface area contributed by atoms with Gasteiger partial charge in [-0.05, 0) is 6.92 Å². The van der Waals surface area contributed by atoms with E-state index in [0.29, 0.717) is 37.0 Å². The van der Waals surface area contributed by atoms with Crippen molar-refractivity contribution in [2.45, 2.75) is 27.2 Å². The predicted octanol–water partition coefficient (Wildman–Crippen LogP) is 0.682. The van der Waals surface area contributed by atoms with Crippen LogP contribution in [0.2, 0.25) is 0 Å². The Morgan fingerprint density at radius 2 is 1.89 bits per heavy atom. The van der Waals surface area contributed by atoms with Crippen LogP contribution in [0.25, 0.3) is 0 Å². The van der Waals surface area contributed by atoms with Crippen molar-refractivity contribution in [3.63, 3.8) is 0 Å². The quantitative estimate of drug-likeness (QED) is 0.657. The van der Waals surface area contributed by atoms with Crippen LogP contribution in [-0.2, 0) is 9.59 Å². The van der Waals surface area contributed by atoms with Crippen LogP contribution in [-0.4, -0.2) is 34.9 Å². The first-order valence-electron chi connectivity index (χ1n) is 6.15. The van der Waals surface area contributed by atoms with E-state index < -0.39 is 0 Å². The highest BCUT2D eigenvalue weighted by molar-refractivity contribution is 5.89. The lowest BCUT2D eigenvalue weighted by Gasteiger charge is -2.09. The Bertz CT molecular complexity index is 461. The number of anilines is 2. The van der Waals surface area contributed by atoms with Crippen LogP contribution >= 0.6 is 0 Å². The Labute approximate surface area is 112 Å².